The molecule has 0 aliphatic heterocycles. The van der Waals surface area contributed by atoms with Crippen LogP contribution in [0.4, 0.5) is 18.9 Å². The lowest BCUT2D eigenvalue weighted by molar-refractivity contribution is -0.138. The van der Waals surface area contributed by atoms with Gasteiger partial charge in [0, 0.05) is 17.3 Å². The summed E-state index contributed by atoms with van der Waals surface area (Å²) in [5, 5.41) is 5.26. The number of fused-ring (bicyclic) bond motifs is 3. The zero-order valence-corrected chi connectivity index (χ0v) is 22.5. The molecule has 8 heteroatoms. The Morgan fingerprint density at radius 2 is 1.60 bits per heavy atom. The second-order valence-electron chi connectivity index (χ2n) is 10.8. The van der Waals surface area contributed by atoms with E-state index in [-0.39, 0.29) is 17.9 Å². The first-order chi connectivity index (χ1) is 19.2. The first kappa shape index (κ1) is 27.7. The molecule has 4 N–H and O–H groups in total. The first-order valence-corrected chi connectivity index (χ1v) is 13.9. The van der Waals surface area contributed by atoms with Crippen LogP contribution in [0.2, 0.25) is 0 Å². The highest BCUT2D eigenvalue weighted by atomic mass is 19.4. The third-order valence-corrected chi connectivity index (χ3v) is 8.17. The second kappa shape index (κ2) is 11.4. The highest BCUT2D eigenvalue weighted by Crippen LogP contribution is 2.51. The Morgan fingerprint density at radius 3 is 2.27 bits per heavy atom. The van der Waals surface area contributed by atoms with E-state index >= 15 is 0 Å². The fraction of sp³-hybridized carbons (Fsp3) is 0.375. The highest BCUT2D eigenvalue weighted by Gasteiger charge is 2.39. The van der Waals surface area contributed by atoms with Crippen molar-refractivity contribution in [2.45, 2.75) is 69.5 Å². The molecule has 1 fully saturated rings. The lowest BCUT2D eigenvalue weighted by atomic mass is 9.78. The van der Waals surface area contributed by atoms with Crippen molar-refractivity contribution in [1.82, 2.24) is 10.6 Å². The maximum atomic E-state index is 13.2. The summed E-state index contributed by atoms with van der Waals surface area (Å²) in [6.07, 6.45) is 0.263. The van der Waals surface area contributed by atoms with E-state index in [1.807, 2.05) is 49.4 Å². The van der Waals surface area contributed by atoms with Crippen molar-refractivity contribution in [3.05, 3.63) is 88.5 Å². The van der Waals surface area contributed by atoms with Gasteiger partial charge in [-0.25, -0.2) is 0 Å². The van der Waals surface area contributed by atoms with E-state index in [9.17, 15) is 22.8 Å². The van der Waals surface area contributed by atoms with Crippen molar-refractivity contribution in [1.29, 1.82) is 0 Å². The molecule has 0 spiro atoms. The van der Waals surface area contributed by atoms with Gasteiger partial charge in [0.15, 0.2) is 0 Å². The van der Waals surface area contributed by atoms with Gasteiger partial charge in [-0.3, -0.25) is 9.59 Å². The lowest BCUT2D eigenvalue weighted by Crippen LogP contribution is -2.37. The quantitative estimate of drug-likeness (QED) is 0.296. The van der Waals surface area contributed by atoms with Crippen molar-refractivity contribution in [2.24, 2.45) is 0 Å². The lowest BCUT2D eigenvalue weighted by Gasteiger charge is -2.31. The summed E-state index contributed by atoms with van der Waals surface area (Å²) in [5.74, 6) is -1.38. The van der Waals surface area contributed by atoms with Crippen LogP contribution in [0.25, 0.3) is 11.1 Å². The highest BCUT2D eigenvalue weighted by molar-refractivity contribution is 5.98. The smallest absolute Gasteiger partial charge is 0.398 e. The number of carbonyl (C=O) groups is 2. The summed E-state index contributed by atoms with van der Waals surface area (Å²) in [6, 6.07) is 18.8. The fourth-order valence-corrected chi connectivity index (χ4v) is 6.32. The molecule has 1 atom stereocenters. The number of alkyl halides is 3. The van der Waals surface area contributed by atoms with Crippen LogP contribution in [0.1, 0.15) is 83.5 Å². The Bertz CT molecular complexity index is 1400. The van der Waals surface area contributed by atoms with Gasteiger partial charge < -0.3 is 16.4 Å². The zero-order valence-electron chi connectivity index (χ0n) is 22.5. The van der Waals surface area contributed by atoms with Crippen LogP contribution >= 0.6 is 0 Å². The number of hydrogen-bond acceptors (Lipinski definition) is 3. The molecule has 2 aliphatic carbocycles. The number of anilines is 1. The second-order valence-corrected chi connectivity index (χ2v) is 10.8. The molecule has 0 bridgehead atoms. The molecular formula is C32H34F3N3O2. The minimum absolute atomic E-state index is 0.0715. The van der Waals surface area contributed by atoms with Crippen molar-refractivity contribution in [3.8, 4) is 11.1 Å². The van der Waals surface area contributed by atoms with Crippen LogP contribution < -0.4 is 16.4 Å². The molecule has 0 aromatic heterocycles. The predicted octanol–water partition coefficient (Wildman–Crippen LogP) is 6.47. The number of nitrogens with one attached hydrogen (secondary N) is 2. The number of halogens is 3. The van der Waals surface area contributed by atoms with Crippen LogP contribution in [0, 0.1) is 0 Å². The normalized spacial score (nSPS) is 19.9. The summed E-state index contributed by atoms with van der Waals surface area (Å²) >= 11 is 0. The monoisotopic (exact) mass is 549 g/mol. The van der Waals surface area contributed by atoms with Gasteiger partial charge >= 0.3 is 6.18 Å². The Morgan fingerprint density at radius 1 is 0.925 bits per heavy atom. The number of carbonyl (C=O) groups excluding carboxylic acids is 2. The number of nitrogen functional groups attached to an aromatic ring is 1. The van der Waals surface area contributed by atoms with Gasteiger partial charge in [0.2, 0.25) is 5.91 Å². The molecule has 2 amide bonds. The molecule has 3 aromatic rings. The fourth-order valence-electron chi connectivity index (χ4n) is 6.32. The Hall–Kier alpha value is -3.81. The van der Waals surface area contributed by atoms with Crippen LogP contribution in [0.3, 0.4) is 0 Å². The third-order valence-electron chi connectivity index (χ3n) is 8.17. The third kappa shape index (κ3) is 5.58. The summed E-state index contributed by atoms with van der Waals surface area (Å²) < 4.78 is 38.8. The molecule has 2 aliphatic rings. The van der Waals surface area contributed by atoms with Gasteiger partial charge in [-0.1, -0.05) is 55.8 Å². The van der Waals surface area contributed by atoms with E-state index in [0.717, 1.165) is 59.9 Å². The molecule has 3 aromatic carbocycles. The Labute approximate surface area is 232 Å². The largest absolute Gasteiger partial charge is 0.405 e. The molecule has 5 rings (SSSR count). The van der Waals surface area contributed by atoms with Crippen LogP contribution in [-0.2, 0) is 11.2 Å². The first-order valence-electron chi connectivity index (χ1n) is 13.9. The van der Waals surface area contributed by atoms with Gasteiger partial charge in [0.25, 0.3) is 5.91 Å². The molecule has 1 unspecified atom stereocenters. The summed E-state index contributed by atoms with van der Waals surface area (Å²) in [7, 11) is 0. The standard InChI is InChI=1S/C32H34F3N3O2/c1-2-8-24-27-26(22-11-6-7-12-23(22)28(27)31(40)37-18-32(33,34)35)17-25(29(24)36)19-13-15-21(16-14-19)38-30(39)20-9-4-3-5-10-20/h3-7,9-12,17,19,21,28H,2,8,13-16,18,36H2,1H3,(H,37,40)(H,38,39). The Balaban J connectivity index is 1.43. The van der Waals surface area contributed by atoms with Gasteiger partial charge in [0.1, 0.15) is 6.54 Å². The number of amides is 2. The molecular weight excluding hydrogens is 515 g/mol. The topological polar surface area (TPSA) is 84.2 Å². The van der Waals surface area contributed by atoms with Crippen molar-refractivity contribution >= 4 is 17.5 Å². The molecule has 0 heterocycles. The summed E-state index contributed by atoms with van der Waals surface area (Å²) in [5.41, 5.74) is 13.2. The van der Waals surface area contributed by atoms with Gasteiger partial charge in [0.05, 0.1) is 5.92 Å². The molecule has 40 heavy (non-hydrogen) atoms. The van der Waals surface area contributed by atoms with Crippen molar-refractivity contribution in [3.63, 3.8) is 0 Å². The molecule has 210 valence electrons. The zero-order chi connectivity index (χ0) is 28.4. The number of hydrogen-bond donors (Lipinski definition) is 3. The molecule has 0 radical (unpaired) electrons. The predicted molar refractivity (Wildman–Crippen MR) is 150 cm³/mol. The minimum atomic E-state index is -4.49. The average molecular weight is 550 g/mol. The SMILES string of the molecule is CCCc1c(N)c(C2CCC(NC(=O)c3ccccc3)CC2)cc2c1C(C(=O)NCC(F)(F)F)c1ccccc1-2. The van der Waals surface area contributed by atoms with Crippen LogP contribution in [0.15, 0.2) is 60.7 Å². The Kier molecular flexibility index (Phi) is 7.88. The van der Waals surface area contributed by atoms with E-state index in [2.05, 4.69) is 16.7 Å². The average Bonchev–Trinajstić information content (AvgIpc) is 3.28. The van der Waals surface area contributed by atoms with E-state index in [0.29, 0.717) is 23.2 Å². The van der Waals surface area contributed by atoms with Crippen molar-refractivity contribution < 1.29 is 22.8 Å². The van der Waals surface area contributed by atoms with E-state index in [1.165, 1.54) is 0 Å². The number of nitrogens with two attached hydrogens (primary N) is 1. The molecule has 1 saturated carbocycles. The summed E-state index contributed by atoms with van der Waals surface area (Å²) in [6.45, 7) is 0.653. The maximum Gasteiger partial charge on any atom is 0.405 e. The van der Waals surface area contributed by atoms with Gasteiger partial charge in [-0.15, -0.1) is 0 Å². The van der Waals surface area contributed by atoms with E-state index in [4.69, 9.17) is 5.73 Å². The molecule has 0 saturated heterocycles. The summed E-state index contributed by atoms with van der Waals surface area (Å²) in [4.78, 5) is 25.9. The van der Waals surface area contributed by atoms with E-state index < -0.39 is 24.5 Å². The van der Waals surface area contributed by atoms with Crippen LogP contribution in [-0.4, -0.2) is 30.6 Å². The maximum absolute atomic E-state index is 13.2. The van der Waals surface area contributed by atoms with E-state index in [1.54, 1.807) is 12.1 Å². The minimum Gasteiger partial charge on any atom is -0.398 e. The number of benzene rings is 3. The van der Waals surface area contributed by atoms with Gasteiger partial charge in [-0.05, 0) is 89.6 Å². The molecule has 5 nitrogen and oxygen atoms in total. The van der Waals surface area contributed by atoms with Gasteiger partial charge in [-0.2, -0.15) is 13.2 Å². The van der Waals surface area contributed by atoms with Crippen molar-refractivity contribution in [2.75, 3.05) is 12.3 Å². The number of rotatable bonds is 7. The van der Waals surface area contributed by atoms with Crippen LogP contribution in [0.5, 0.6) is 0 Å².